The van der Waals surface area contributed by atoms with Gasteiger partial charge < -0.3 is 15.0 Å². The van der Waals surface area contributed by atoms with Gasteiger partial charge in [0.05, 0.1) is 28.6 Å². The van der Waals surface area contributed by atoms with Gasteiger partial charge in [-0.05, 0) is 46.3 Å². The summed E-state index contributed by atoms with van der Waals surface area (Å²) in [7, 11) is 3.63. The van der Waals surface area contributed by atoms with Crippen LogP contribution in [0.1, 0.15) is 32.3 Å². The molecular formula is C17H24Cl2N2O2. The molecule has 0 spiro atoms. The number of carbonyl (C=O) groups is 1. The van der Waals surface area contributed by atoms with E-state index in [1.807, 2.05) is 20.9 Å². The second kappa shape index (κ2) is 7.29. The molecule has 128 valence electrons. The van der Waals surface area contributed by atoms with E-state index in [0.29, 0.717) is 15.8 Å². The number of hydrogen-bond donors (Lipinski definition) is 1. The highest BCUT2D eigenvalue weighted by Crippen LogP contribution is 2.36. The van der Waals surface area contributed by atoms with Crippen molar-refractivity contribution >= 4 is 29.1 Å². The van der Waals surface area contributed by atoms with Crippen molar-refractivity contribution in [2.24, 2.45) is 5.92 Å². The van der Waals surface area contributed by atoms with E-state index < -0.39 is 5.54 Å². The molecule has 0 aromatic heterocycles. The standard InChI is InChI=1S/C17H24Cl2N2O2/c1-17(2,12-8-13(18)14(19)9-15(12)23-4)20-16(22)11-6-5-7-21(3)10-11/h8-9,11H,5-7,10H2,1-4H3,(H,20,22)/t11-/m0/s1. The summed E-state index contributed by atoms with van der Waals surface area (Å²) in [6.07, 6.45) is 1.97. The lowest BCUT2D eigenvalue weighted by Crippen LogP contribution is -2.48. The second-order valence-corrected chi connectivity index (χ2v) is 7.50. The number of rotatable bonds is 4. The first-order chi connectivity index (χ1) is 10.7. The van der Waals surface area contributed by atoms with Gasteiger partial charge in [0.1, 0.15) is 5.75 Å². The zero-order valence-corrected chi connectivity index (χ0v) is 15.6. The quantitative estimate of drug-likeness (QED) is 0.891. The third-order valence-corrected chi connectivity index (χ3v) is 5.07. The van der Waals surface area contributed by atoms with Crippen molar-refractivity contribution in [2.75, 3.05) is 27.2 Å². The number of nitrogens with one attached hydrogen (secondary N) is 1. The molecule has 6 heteroatoms. The molecule has 0 bridgehead atoms. The number of carbonyl (C=O) groups excluding carboxylic acids is 1. The maximum atomic E-state index is 12.6. The van der Waals surface area contributed by atoms with Crippen molar-refractivity contribution in [1.82, 2.24) is 10.2 Å². The van der Waals surface area contributed by atoms with E-state index in [-0.39, 0.29) is 11.8 Å². The first kappa shape index (κ1) is 18.4. The minimum absolute atomic E-state index is 0.0155. The molecule has 2 rings (SSSR count). The van der Waals surface area contributed by atoms with E-state index >= 15 is 0 Å². The smallest absolute Gasteiger partial charge is 0.225 e. The number of amides is 1. The molecule has 1 amide bonds. The highest BCUT2D eigenvalue weighted by molar-refractivity contribution is 6.42. The Labute approximate surface area is 148 Å². The van der Waals surface area contributed by atoms with Crippen molar-refractivity contribution in [1.29, 1.82) is 0 Å². The molecule has 1 heterocycles. The monoisotopic (exact) mass is 358 g/mol. The topological polar surface area (TPSA) is 41.6 Å². The Bertz CT molecular complexity index is 590. The van der Waals surface area contributed by atoms with Crippen LogP contribution in [0.3, 0.4) is 0 Å². The van der Waals surface area contributed by atoms with Crippen LogP contribution in [0, 0.1) is 5.92 Å². The molecule has 1 aliphatic rings. The fourth-order valence-corrected chi connectivity index (χ4v) is 3.36. The minimum Gasteiger partial charge on any atom is -0.496 e. The van der Waals surface area contributed by atoms with Gasteiger partial charge in [-0.3, -0.25) is 4.79 Å². The van der Waals surface area contributed by atoms with Crippen molar-refractivity contribution in [3.05, 3.63) is 27.7 Å². The molecule has 0 radical (unpaired) electrons. The highest BCUT2D eigenvalue weighted by Gasteiger charge is 2.31. The number of nitrogens with zero attached hydrogens (tertiary/aromatic N) is 1. The molecule has 23 heavy (non-hydrogen) atoms. The fraction of sp³-hybridized carbons (Fsp3) is 0.588. The summed E-state index contributed by atoms with van der Waals surface area (Å²) in [6.45, 7) is 5.73. The van der Waals surface area contributed by atoms with Gasteiger partial charge in [0.15, 0.2) is 0 Å². The molecule has 1 aliphatic heterocycles. The van der Waals surface area contributed by atoms with Gasteiger partial charge in [0, 0.05) is 18.2 Å². The van der Waals surface area contributed by atoms with E-state index in [2.05, 4.69) is 10.2 Å². The molecule has 0 aliphatic carbocycles. The maximum Gasteiger partial charge on any atom is 0.225 e. The molecule has 1 aromatic rings. The van der Waals surface area contributed by atoms with Crippen molar-refractivity contribution in [2.45, 2.75) is 32.2 Å². The molecule has 1 atom stereocenters. The van der Waals surface area contributed by atoms with Crippen LogP contribution in [-0.4, -0.2) is 38.1 Å². The van der Waals surface area contributed by atoms with Crippen LogP contribution in [0.25, 0.3) is 0 Å². The van der Waals surface area contributed by atoms with Gasteiger partial charge in [-0.2, -0.15) is 0 Å². The number of benzene rings is 1. The second-order valence-electron chi connectivity index (χ2n) is 6.68. The number of piperidine rings is 1. The van der Waals surface area contributed by atoms with Gasteiger partial charge in [-0.15, -0.1) is 0 Å². The van der Waals surface area contributed by atoms with Crippen LogP contribution < -0.4 is 10.1 Å². The van der Waals surface area contributed by atoms with Crippen LogP contribution in [0.2, 0.25) is 10.0 Å². The SMILES string of the molecule is COc1cc(Cl)c(Cl)cc1C(C)(C)NC(=O)[C@H]1CCCN(C)C1. The van der Waals surface area contributed by atoms with Crippen LogP contribution >= 0.6 is 23.2 Å². The van der Waals surface area contributed by atoms with Gasteiger partial charge >= 0.3 is 0 Å². The van der Waals surface area contributed by atoms with Crippen molar-refractivity contribution < 1.29 is 9.53 Å². The molecule has 0 saturated carbocycles. The lowest BCUT2D eigenvalue weighted by molar-refractivity contribution is -0.128. The third kappa shape index (κ3) is 4.31. The highest BCUT2D eigenvalue weighted by atomic mass is 35.5. The average molecular weight is 359 g/mol. The first-order valence-electron chi connectivity index (χ1n) is 7.78. The average Bonchev–Trinajstić information content (AvgIpc) is 2.49. The summed E-state index contributed by atoms with van der Waals surface area (Å²) >= 11 is 12.2. The Morgan fingerprint density at radius 3 is 2.61 bits per heavy atom. The first-order valence-corrected chi connectivity index (χ1v) is 8.54. The van der Waals surface area contributed by atoms with Crippen LogP contribution in [-0.2, 0) is 10.3 Å². The number of methoxy groups -OCH3 is 1. The molecular weight excluding hydrogens is 335 g/mol. The van der Waals surface area contributed by atoms with Crippen LogP contribution in [0.4, 0.5) is 0 Å². The number of halogens is 2. The van der Waals surface area contributed by atoms with E-state index in [0.717, 1.165) is 31.5 Å². The summed E-state index contributed by atoms with van der Waals surface area (Å²) < 4.78 is 5.41. The van der Waals surface area contributed by atoms with Crippen molar-refractivity contribution in [3.63, 3.8) is 0 Å². The Morgan fingerprint density at radius 1 is 1.35 bits per heavy atom. The lowest BCUT2D eigenvalue weighted by Gasteiger charge is -2.34. The minimum atomic E-state index is -0.604. The van der Waals surface area contributed by atoms with E-state index in [1.165, 1.54) is 0 Å². The summed E-state index contributed by atoms with van der Waals surface area (Å²) in [5, 5.41) is 4.02. The maximum absolute atomic E-state index is 12.6. The number of likely N-dealkylation sites (tertiary alicyclic amines) is 1. The summed E-state index contributed by atoms with van der Waals surface area (Å²) in [6, 6.07) is 3.44. The summed E-state index contributed by atoms with van der Waals surface area (Å²) in [4.78, 5) is 14.8. The Morgan fingerprint density at radius 2 is 2.00 bits per heavy atom. The third-order valence-electron chi connectivity index (χ3n) is 4.35. The summed E-state index contributed by atoms with van der Waals surface area (Å²) in [5.74, 6) is 0.696. The van der Waals surface area contributed by atoms with Gasteiger partial charge in [-0.25, -0.2) is 0 Å². The lowest BCUT2D eigenvalue weighted by atomic mass is 9.90. The Balaban J connectivity index is 2.21. The summed E-state index contributed by atoms with van der Waals surface area (Å²) in [5.41, 5.74) is 0.207. The van der Waals surface area contributed by atoms with E-state index in [1.54, 1.807) is 19.2 Å². The van der Waals surface area contributed by atoms with Gasteiger partial charge in [0.25, 0.3) is 0 Å². The Kier molecular flexibility index (Phi) is 5.82. The molecule has 0 unspecified atom stereocenters. The largest absolute Gasteiger partial charge is 0.496 e. The molecule has 1 aromatic carbocycles. The van der Waals surface area contributed by atoms with E-state index in [9.17, 15) is 4.79 Å². The van der Waals surface area contributed by atoms with E-state index in [4.69, 9.17) is 27.9 Å². The van der Waals surface area contributed by atoms with Crippen molar-refractivity contribution in [3.8, 4) is 5.75 Å². The number of ether oxygens (including phenoxy) is 1. The Hall–Kier alpha value is -0.970. The predicted molar refractivity (Wildman–Crippen MR) is 94.4 cm³/mol. The molecule has 1 N–H and O–H groups in total. The zero-order chi connectivity index (χ0) is 17.2. The van der Waals surface area contributed by atoms with Crippen LogP contribution in [0.15, 0.2) is 12.1 Å². The zero-order valence-electron chi connectivity index (χ0n) is 14.1. The predicted octanol–water partition coefficient (Wildman–Crippen LogP) is 3.70. The van der Waals surface area contributed by atoms with Gasteiger partial charge in [-0.1, -0.05) is 23.2 Å². The normalized spacial score (nSPS) is 19.5. The molecule has 4 nitrogen and oxygen atoms in total. The molecule has 1 saturated heterocycles. The number of hydrogen-bond acceptors (Lipinski definition) is 3. The fourth-order valence-electron chi connectivity index (χ4n) is 3.04. The van der Waals surface area contributed by atoms with Crippen LogP contribution in [0.5, 0.6) is 5.75 Å². The van der Waals surface area contributed by atoms with Gasteiger partial charge in [0.2, 0.25) is 5.91 Å². The molecule has 1 fully saturated rings.